The Hall–Kier alpha value is -4.43. The molecule has 2 heterocycles. The number of alkyl halides is 3. The van der Waals surface area contributed by atoms with Crippen molar-refractivity contribution in [1.82, 2.24) is 14.9 Å². The molecule has 8 nitrogen and oxygen atoms in total. The summed E-state index contributed by atoms with van der Waals surface area (Å²) in [5.41, 5.74) is 7.05. The van der Waals surface area contributed by atoms with Crippen molar-refractivity contribution in [2.24, 2.45) is 5.92 Å². The molecule has 3 aromatic rings. The van der Waals surface area contributed by atoms with Gasteiger partial charge >= 0.3 is 6.18 Å². The average molecular weight is 550 g/mol. The fraction of sp³-hybridized carbons (Fsp3) is 0.310. The highest BCUT2D eigenvalue weighted by molar-refractivity contribution is 6.16. The van der Waals surface area contributed by atoms with Crippen molar-refractivity contribution in [3.8, 4) is 11.8 Å². The smallest absolute Gasteiger partial charge is 0.383 e. The maximum atomic E-state index is 13.3. The first kappa shape index (κ1) is 28.6. The summed E-state index contributed by atoms with van der Waals surface area (Å²) < 4.78 is 39.8. The fourth-order valence-electron chi connectivity index (χ4n) is 4.51. The largest absolute Gasteiger partial charge is 0.416 e. The van der Waals surface area contributed by atoms with E-state index in [-0.39, 0.29) is 22.7 Å². The Balaban J connectivity index is 1.52. The lowest BCUT2D eigenvalue weighted by Gasteiger charge is -2.14. The fourth-order valence-corrected chi connectivity index (χ4v) is 4.51. The van der Waals surface area contributed by atoms with Gasteiger partial charge in [-0.15, -0.1) is 0 Å². The molecule has 0 aliphatic carbocycles. The minimum atomic E-state index is -4.56. The van der Waals surface area contributed by atoms with Gasteiger partial charge in [0, 0.05) is 29.9 Å². The van der Waals surface area contributed by atoms with Crippen molar-refractivity contribution in [2.75, 3.05) is 43.0 Å². The van der Waals surface area contributed by atoms with Gasteiger partial charge in [-0.05, 0) is 81.1 Å². The number of nitrogen functional groups attached to an aromatic ring is 1. The summed E-state index contributed by atoms with van der Waals surface area (Å²) in [5, 5.41) is 14.5. The Morgan fingerprint density at radius 3 is 2.62 bits per heavy atom. The molecule has 40 heavy (non-hydrogen) atoms. The van der Waals surface area contributed by atoms with Crippen LogP contribution >= 0.6 is 0 Å². The summed E-state index contributed by atoms with van der Waals surface area (Å²) in [6.45, 7) is 5.85. The Morgan fingerprint density at radius 1 is 1.18 bits per heavy atom. The topological polar surface area (TPSA) is 120 Å². The molecule has 1 amide bonds. The van der Waals surface area contributed by atoms with Crippen molar-refractivity contribution in [3.05, 3.63) is 76.1 Å². The zero-order chi connectivity index (χ0) is 29.0. The molecular formula is C29H30F3N7O. The second kappa shape index (κ2) is 11.8. The Kier molecular flexibility index (Phi) is 8.40. The van der Waals surface area contributed by atoms with E-state index in [1.807, 2.05) is 6.92 Å². The van der Waals surface area contributed by atoms with Gasteiger partial charge in [-0.3, -0.25) is 10.2 Å². The van der Waals surface area contributed by atoms with Crippen molar-refractivity contribution in [3.63, 3.8) is 0 Å². The van der Waals surface area contributed by atoms with Crippen LogP contribution in [0.4, 0.5) is 30.5 Å². The molecule has 1 aliphatic heterocycles. The van der Waals surface area contributed by atoms with Crippen LogP contribution in [-0.4, -0.2) is 53.2 Å². The quantitative estimate of drug-likeness (QED) is 0.261. The molecule has 0 spiro atoms. The number of carbonyl (C=O) groups excluding carboxylic acids is 1. The van der Waals surface area contributed by atoms with Crippen molar-refractivity contribution in [2.45, 2.75) is 26.4 Å². The number of halogens is 3. The van der Waals surface area contributed by atoms with Crippen molar-refractivity contribution in [1.29, 1.82) is 5.41 Å². The molecule has 4 rings (SSSR count). The van der Waals surface area contributed by atoms with Crippen LogP contribution in [0.5, 0.6) is 0 Å². The minimum absolute atomic E-state index is 0.0355. The van der Waals surface area contributed by atoms with Crippen molar-refractivity contribution < 1.29 is 18.0 Å². The average Bonchev–Trinajstić information content (AvgIpc) is 3.32. The maximum absolute atomic E-state index is 13.3. The van der Waals surface area contributed by atoms with Gasteiger partial charge in [0.2, 0.25) is 0 Å². The third-order valence-electron chi connectivity index (χ3n) is 6.80. The number of nitrogens with two attached hydrogens (primary N) is 1. The van der Waals surface area contributed by atoms with Crippen LogP contribution in [0.1, 0.15) is 44.6 Å². The lowest BCUT2D eigenvalue weighted by Crippen LogP contribution is -2.21. The number of hydrogen-bond acceptors (Lipinski definition) is 7. The number of carbonyl (C=O) groups is 1. The van der Waals surface area contributed by atoms with Gasteiger partial charge in [-0.1, -0.05) is 18.1 Å². The lowest BCUT2D eigenvalue weighted by atomic mass is 10.0. The molecule has 1 aliphatic rings. The van der Waals surface area contributed by atoms with E-state index in [0.717, 1.165) is 31.1 Å². The summed E-state index contributed by atoms with van der Waals surface area (Å²) in [5.74, 6) is 6.09. The number of rotatable bonds is 6. The summed E-state index contributed by atoms with van der Waals surface area (Å²) in [6.07, 6.45) is -2.16. The summed E-state index contributed by atoms with van der Waals surface area (Å²) in [7, 11) is 2.08. The van der Waals surface area contributed by atoms with Gasteiger partial charge in [-0.25, -0.2) is 9.97 Å². The molecule has 1 fully saturated rings. The Morgan fingerprint density at radius 2 is 1.93 bits per heavy atom. The molecule has 1 saturated heterocycles. The predicted octanol–water partition coefficient (Wildman–Crippen LogP) is 4.73. The van der Waals surface area contributed by atoms with E-state index >= 15 is 0 Å². The van der Waals surface area contributed by atoms with Gasteiger partial charge in [0.15, 0.2) is 0 Å². The van der Waals surface area contributed by atoms with Crippen LogP contribution in [0.15, 0.2) is 42.7 Å². The molecule has 0 bridgehead atoms. The molecule has 1 unspecified atom stereocenters. The highest BCUT2D eigenvalue weighted by atomic mass is 19.4. The predicted molar refractivity (Wildman–Crippen MR) is 150 cm³/mol. The third-order valence-corrected chi connectivity index (χ3v) is 6.80. The Bertz CT molecular complexity index is 1510. The third kappa shape index (κ3) is 6.76. The summed E-state index contributed by atoms with van der Waals surface area (Å²) in [6, 6.07) is 8.42. The molecule has 0 saturated carbocycles. The molecular weight excluding hydrogens is 519 g/mol. The highest BCUT2D eigenvalue weighted by Gasteiger charge is 2.33. The minimum Gasteiger partial charge on any atom is -0.383 e. The van der Waals surface area contributed by atoms with Gasteiger partial charge in [-0.2, -0.15) is 13.2 Å². The molecule has 1 atom stereocenters. The van der Waals surface area contributed by atoms with Crippen LogP contribution in [0.2, 0.25) is 0 Å². The van der Waals surface area contributed by atoms with Crippen LogP contribution in [0, 0.1) is 37.0 Å². The van der Waals surface area contributed by atoms with Crippen LogP contribution in [-0.2, 0) is 6.18 Å². The zero-order valence-electron chi connectivity index (χ0n) is 22.4. The summed E-state index contributed by atoms with van der Waals surface area (Å²) in [4.78, 5) is 23.3. The van der Waals surface area contributed by atoms with Crippen LogP contribution < -0.4 is 16.4 Å². The lowest BCUT2D eigenvalue weighted by molar-refractivity contribution is -0.138. The van der Waals surface area contributed by atoms with E-state index < -0.39 is 17.6 Å². The molecule has 0 radical (unpaired) electrons. The van der Waals surface area contributed by atoms with Gasteiger partial charge in [0.1, 0.15) is 23.7 Å². The first-order chi connectivity index (χ1) is 18.9. The number of amides is 1. The number of benzene rings is 2. The zero-order valence-corrected chi connectivity index (χ0v) is 22.4. The first-order valence-electron chi connectivity index (χ1n) is 12.7. The standard InChI is InChI=1S/C29H30F3N7O/c1-17-5-8-22(38-28(40)21-6-4-18(2)23(13-21)29(30,31)32)12-20(17)7-9-24(33)25-26(34)36-16-37-27(25)35-14-19-10-11-39(3)15-19/h4-6,8,12-13,16,19,33H,10-11,14-15H2,1-3H3,(H,38,40)(H3,34,35,36,37). The summed E-state index contributed by atoms with van der Waals surface area (Å²) >= 11 is 0. The van der Waals surface area contributed by atoms with E-state index in [1.54, 1.807) is 18.2 Å². The monoisotopic (exact) mass is 549 g/mol. The van der Waals surface area contributed by atoms with E-state index in [4.69, 9.17) is 11.1 Å². The number of anilines is 3. The van der Waals surface area contributed by atoms with E-state index in [1.165, 1.54) is 25.4 Å². The number of hydrogen-bond donors (Lipinski definition) is 4. The molecule has 11 heteroatoms. The van der Waals surface area contributed by atoms with Crippen LogP contribution in [0.25, 0.3) is 0 Å². The second-order valence-electron chi connectivity index (χ2n) is 9.92. The van der Waals surface area contributed by atoms with E-state index in [0.29, 0.717) is 35.1 Å². The van der Waals surface area contributed by atoms with Crippen molar-refractivity contribution >= 4 is 28.9 Å². The van der Waals surface area contributed by atoms with Gasteiger partial charge < -0.3 is 21.3 Å². The maximum Gasteiger partial charge on any atom is 0.416 e. The number of nitrogens with zero attached hydrogens (tertiary/aromatic N) is 3. The number of aromatic nitrogens is 2. The molecule has 208 valence electrons. The first-order valence-corrected chi connectivity index (χ1v) is 12.7. The Labute approximate surface area is 230 Å². The molecule has 5 N–H and O–H groups in total. The number of aryl methyl sites for hydroxylation is 2. The highest BCUT2D eigenvalue weighted by Crippen LogP contribution is 2.32. The van der Waals surface area contributed by atoms with E-state index in [2.05, 4.69) is 44.4 Å². The molecule has 1 aromatic heterocycles. The SMILES string of the molecule is Cc1ccc(NC(=O)c2ccc(C)c(C(F)(F)F)c2)cc1C#CC(=N)c1c(N)ncnc1NCC1CCN(C)C1. The van der Waals surface area contributed by atoms with Crippen LogP contribution in [0.3, 0.4) is 0 Å². The number of nitrogens with one attached hydrogen (secondary N) is 3. The number of likely N-dealkylation sites (tertiary alicyclic amines) is 1. The second-order valence-corrected chi connectivity index (χ2v) is 9.92. The normalized spacial score (nSPS) is 15.3. The van der Waals surface area contributed by atoms with Gasteiger partial charge in [0.05, 0.1) is 11.1 Å². The molecule has 2 aromatic carbocycles. The van der Waals surface area contributed by atoms with E-state index in [9.17, 15) is 18.0 Å². The van der Waals surface area contributed by atoms with Gasteiger partial charge in [0.25, 0.3) is 5.91 Å².